The Kier molecular flexibility index (Phi) is 4.59. The van der Waals surface area contributed by atoms with Gasteiger partial charge in [-0.1, -0.05) is 12.1 Å². The van der Waals surface area contributed by atoms with Gasteiger partial charge in [0.25, 0.3) is 0 Å². The van der Waals surface area contributed by atoms with Crippen molar-refractivity contribution in [3.05, 3.63) is 29.8 Å². The average Bonchev–Trinajstić information content (AvgIpc) is 2.26. The summed E-state index contributed by atoms with van der Waals surface area (Å²) in [6.07, 6.45) is 0.119. The fraction of sp³-hybridized carbons (Fsp3) is 0.500. The van der Waals surface area contributed by atoms with Crippen molar-refractivity contribution in [1.82, 2.24) is 0 Å². The molecule has 0 aromatic heterocycles. The van der Waals surface area contributed by atoms with Crippen molar-refractivity contribution in [2.24, 2.45) is 5.73 Å². The van der Waals surface area contributed by atoms with Crippen molar-refractivity contribution in [1.29, 1.82) is 0 Å². The van der Waals surface area contributed by atoms with Crippen molar-refractivity contribution < 1.29 is 4.74 Å². The van der Waals surface area contributed by atoms with E-state index in [1.165, 1.54) is 11.3 Å². The van der Waals surface area contributed by atoms with Gasteiger partial charge in [0.1, 0.15) is 0 Å². The highest BCUT2D eigenvalue weighted by Crippen LogP contribution is 2.14. The van der Waals surface area contributed by atoms with Crippen molar-refractivity contribution in [3.8, 4) is 0 Å². The highest BCUT2D eigenvalue weighted by Gasteiger charge is 2.01. The van der Waals surface area contributed by atoms with Gasteiger partial charge in [-0.05, 0) is 24.6 Å². The zero-order valence-corrected chi connectivity index (χ0v) is 9.73. The highest BCUT2D eigenvalue weighted by molar-refractivity contribution is 5.46. The quantitative estimate of drug-likeness (QED) is 0.799. The van der Waals surface area contributed by atoms with Gasteiger partial charge in [0.15, 0.2) is 0 Å². The molecule has 2 N–H and O–H groups in total. The van der Waals surface area contributed by atoms with E-state index in [0.29, 0.717) is 13.2 Å². The monoisotopic (exact) mass is 208 g/mol. The molecule has 0 fully saturated rings. The van der Waals surface area contributed by atoms with Gasteiger partial charge in [-0.15, -0.1) is 0 Å². The summed E-state index contributed by atoms with van der Waals surface area (Å²) in [6, 6.07) is 8.32. The van der Waals surface area contributed by atoms with Gasteiger partial charge in [-0.25, -0.2) is 0 Å². The standard InChI is InChI=1S/C12H20N2O/c1-10(8-13)15-9-11-5-4-6-12(7-11)14(2)3/h4-7,10H,8-9,13H2,1-3H3. The Morgan fingerprint density at radius 2 is 2.13 bits per heavy atom. The lowest BCUT2D eigenvalue weighted by molar-refractivity contribution is 0.0590. The normalized spacial score (nSPS) is 12.5. The van der Waals surface area contributed by atoms with Crippen LogP contribution in [-0.2, 0) is 11.3 Å². The van der Waals surface area contributed by atoms with Gasteiger partial charge in [0, 0.05) is 26.3 Å². The first-order valence-electron chi connectivity index (χ1n) is 5.21. The maximum Gasteiger partial charge on any atom is 0.0721 e. The zero-order valence-electron chi connectivity index (χ0n) is 9.73. The first-order valence-corrected chi connectivity index (χ1v) is 5.21. The summed E-state index contributed by atoms with van der Waals surface area (Å²) in [7, 11) is 4.06. The predicted molar refractivity (Wildman–Crippen MR) is 64.1 cm³/mol. The van der Waals surface area contributed by atoms with E-state index in [2.05, 4.69) is 23.1 Å². The Bertz CT molecular complexity index is 299. The first-order chi connectivity index (χ1) is 7.13. The van der Waals surface area contributed by atoms with E-state index in [4.69, 9.17) is 10.5 Å². The van der Waals surface area contributed by atoms with Gasteiger partial charge in [-0.3, -0.25) is 0 Å². The van der Waals surface area contributed by atoms with Crippen LogP contribution in [0, 0.1) is 0 Å². The summed E-state index contributed by atoms with van der Waals surface area (Å²) in [5.74, 6) is 0. The Balaban J connectivity index is 2.58. The summed E-state index contributed by atoms with van der Waals surface area (Å²) in [5, 5.41) is 0. The molecule has 1 unspecified atom stereocenters. The molecule has 1 rings (SSSR count). The minimum atomic E-state index is 0.119. The second-order valence-electron chi connectivity index (χ2n) is 3.92. The van der Waals surface area contributed by atoms with Crippen molar-refractivity contribution >= 4 is 5.69 Å². The van der Waals surface area contributed by atoms with Crippen LogP contribution in [0.4, 0.5) is 5.69 Å². The Labute approximate surface area is 91.8 Å². The SMILES string of the molecule is CC(CN)OCc1cccc(N(C)C)c1. The van der Waals surface area contributed by atoms with E-state index in [0.717, 1.165) is 0 Å². The van der Waals surface area contributed by atoms with Crippen LogP contribution in [0.2, 0.25) is 0 Å². The number of hydrogen-bond acceptors (Lipinski definition) is 3. The number of benzene rings is 1. The molecule has 0 bridgehead atoms. The minimum absolute atomic E-state index is 0.119. The molecule has 0 saturated carbocycles. The first kappa shape index (κ1) is 12.0. The van der Waals surface area contributed by atoms with Crippen molar-refractivity contribution in [3.63, 3.8) is 0 Å². The molecule has 0 saturated heterocycles. The third kappa shape index (κ3) is 3.90. The molecule has 0 aliphatic rings. The molecule has 0 spiro atoms. The molecular weight excluding hydrogens is 188 g/mol. The number of hydrogen-bond donors (Lipinski definition) is 1. The number of nitrogens with zero attached hydrogens (tertiary/aromatic N) is 1. The summed E-state index contributed by atoms with van der Waals surface area (Å²) >= 11 is 0. The van der Waals surface area contributed by atoms with Crippen LogP contribution < -0.4 is 10.6 Å². The topological polar surface area (TPSA) is 38.5 Å². The molecule has 1 aromatic carbocycles. The average molecular weight is 208 g/mol. The zero-order chi connectivity index (χ0) is 11.3. The third-order valence-electron chi connectivity index (χ3n) is 2.29. The molecule has 3 heteroatoms. The predicted octanol–water partition coefficient (Wildman–Crippen LogP) is 1.62. The molecule has 1 atom stereocenters. The van der Waals surface area contributed by atoms with Gasteiger partial charge in [0.2, 0.25) is 0 Å². The lowest BCUT2D eigenvalue weighted by Crippen LogP contribution is -2.19. The fourth-order valence-electron chi connectivity index (χ4n) is 1.23. The van der Waals surface area contributed by atoms with Gasteiger partial charge in [-0.2, -0.15) is 0 Å². The Hall–Kier alpha value is -1.06. The molecule has 0 aliphatic heterocycles. The van der Waals surface area contributed by atoms with E-state index < -0.39 is 0 Å². The third-order valence-corrected chi connectivity index (χ3v) is 2.29. The number of anilines is 1. The molecule has 84 valence electrons. The number of ether oxygens (including phenoxy) is 1. The molecule has 0 amide bonds. The second kappa shape index (κ2) is 5.73. The smallest absolute Gasteiger partial charge is 0.0721 e. The second-order valence-corrected chi connectivity index (χ2v) is 3.92. The van der Waals surface area contributed by atoms with Gasteiger partial charge >= 0.3 is 0 Å². The molecule has 0 radical (unpaired) electrons. The van der Waals surface area contributed by atoms with Crippen LogP contribution in [0.15, 0.2) is 24.3 Å². The largest absolute Gasteiger partial charge is 0.378 e. The Morgan fingerprint density at radius 1 is 1.40 bits per heavy atom. The lowest BCUT2D eigenvalue weighted by Gasteiger charge is -2.15. The molecule has 0 heterocycles. The maximum absolute atomic E-state index is 5.57. The summed E-state index contributed by atoms with van der Waals surface area (Å²) in [4.78, 5) is 2.08. The van der Waals surface area contributed by atoms with Crippen LogP contribution in [0.1, 0.15) is 12.5 Å². The fourth-order valence-corrected chi connectivity index (χ4v) is 1.23. The van der Waals surface area contributed by atoms with Crippen molar-refractivity contribution in [2.75, 3.05) is 25.5 Å². The minimum Gasteiger partial charge on any atom is -0.378 e. The maximum atomic E-state index is 5.57. The molecule has 15 heavy (non-hydrogen) atoms. The van der Waals surface area contributed by atoms with Crippen molar-refractivity contribution in [2.45, 2.75) is 19.6 Å². The number of nitrogens with two attached hydrogens (primary N) is 1. The van der Waals surface area contributed by atoms with Crippen LogP contribution in [0.25, 0.3) is 0 Å². The summed E-state index contributed by atoms with van der Waals surface area (Å²) in [5.41, 5.74) is 7.85. The molecule has 3 nitrogen and oxygen atoms in total. The highest BCUT2D eigenvalue weighted by atomic mass is 16.5. The molecule has 1 aromatic rings. The Morgan fingerprint density at radius 3 is 2.73 bits per heavy atom. The van der Waals surface area contributed by atoms with E-state index in [-0.39, 0.29) is 6.10 Å². The van der Waals surface area contributed by atoms with Gasteiger partial charge < -0.3 is 15.4 Å². The molecule has 0 aliphatic carbocycles. The van der Waals surface area contributed by atoms with Crippen LogP contribution in [-0.4, -0.2) is 26.7 Å². The van der Waals surface area contributed by atoms with Crippen LogP contribution in [0.3, 0.4) is 0 Å². The number of rotatable bonds is 5. The van der Waals surface area contributed by atoms with E-state index in [1.54, 1.807) is 0 Å². The van der Waals surface area contributed by atoms with E-state index in [9.17, 15) is 0 Å². The summed E-state index contributed by atoms with van der Waals surface area (Å²) < 4.78 is 5.57. The van der Waals surface area contributed by atoms with E-state index in [1.807, 2.05) is 27.1 Å². The lowest BCUT2D eigenvalue weighted by atomic mass is 10.2. The van der Waals surface area contributed by atoms with Crippen LogP contribution in [0.5, 0.6) is 0 Å². The van der Waals surface area contributed by atoms with Gasteiger partial charge in [0.05, 0.1) is 12.7 Å². The van der Waals surface area contributed by atoms with E-state index >= 15 is 0 Å². The molecular formula is C12H20N2O. The summed E-state index contributed by atoms with van der Waals surface area (Å²) in [6.45, 7) is 3.17. The van der Waals surface area contributed by atoms with Crippen LogP contribution >= 0.6 is 0 Å².